The van der Waals surface area contributed by atoms with E-state index in [1.165, 1.54) is 68.2 Å². The van der Waals surface area contributed by atoms with E-state index in [1.54, 1.807) is 0 Å². The Hall–Kier alpha value is -0.820. The van der Waals surface area contributed by atoms with Gasteiger partial charge >= 0.3 is 0 Å². The van der Waals surface area contributed by atoms with Crippen LogP contribution in [0.15, 0.2) is 18.2 Å². The molecule has 1 aliphatic rings. The zero-order valence-corrected chi connectivity index (χ0v) is 14.5. The molecule has 0 unspecified atom stereocenters. The van der Waals surface area contributed by atoms with E-state index in [0.717, 1.165) is 0 Å². The van der Waals surface area contributed by atoms with Crippen LogP contribution in [0.1, 0.15) is 69.1 Å². The zero-order chi connectivity index (χ0) is 15.3. The number of rotatable bonds is 7. The molecular formula is C20H33N. The first-order valence-electron chi connectivity index (χ1n) is 8.80. The van der Waals surface area contributed by atoms with E-state index in [0.29, 0.717) is 11.5 Å². The van der Waals surface area contributed by atoms with Gasteiger partial charge in [-0.25, -0.2) is 0 Å². The average Bonchev–Trinajstić information content (AvgIpc) is 2.89. The molecule has 0 radical (unpaired) electrons. The van der Waals surface area contributed by atoms with Crippen LogP contribution < -0.4 is 5.32 Å². The maximum absolute atomic E-state index is 3.61. The van der Waals surface area contributed by atoms with E-state index in [1.807, 2.05) is 0 Å². The number of aryl methyl sites for hydroxylation is 3. The average molecular weight is 287 g/mol. The van der Waals surface area contributed by atoms with Crippen molar-refractivity contribution in [3.05, 3.63) is 34.9 Å². The Kier molecular flexibility index (Phi) is 5.87. The van der Waals surface area contributed by atoms with Crippen LogP contribution in [0.4, 0.5) is 0 Å². The molecule has 1 fully saturated rings. The number of hydrogen-bond donors (Lipinski definition) is 1. The number of benzene rings is 1. The van der Waals surface area contributed by atoms with Crippen molar-refractivity contribution < 1.29 is 0 Å². The summed E-state index contributed by atoms with van der Waals surface area (Å²) in [5, 5.41) is 3.61. The van der Waals surface area contributed by atoms with Crippen LogP contribution in [0.5, 0.6) is 0 Å². The lowest BCUT2D eigenvalue weighted by Crippen LogP contribution is -2.29. The van der Waals surface area contributed by atoms with Gasteiger partial charge in [-0.3, -0.25) is 0 Å². The molecule has 0 aliphatic heterocycles. The van der Waals surface area contributed by atoms with Crippen molar-refractivity contribution in [3.8, 4) is 0 Å². The van der Waals surface area contributed by atoms with E-state index in [4.69, 9.17) is 0 Å². The summed E-state index contributed by atoms with van der Waals surface area (Å²) < 4.78 is 0. The number of hydrogen-bond acceptors (Lipinski definition) is 1. The Morgan fingerprint density at radius 3 is 2.38 bits per heavy atom. The Morgan fingerprint density at radius 1 is 1.05 bits per heavy atom. The van der Waals surface area contributed by atoms with Gasteiger partial charge < -0.3 is 5.32 Å². The predicted octanol–water partition coefficient (Wildman–Crippen LogP) is 5.18. The van der Waals surface area contributed by atoms with Gasteiger partial charge in [-0.05, 0) is 74.6 Å². The first-order chi connectivity index (χ1) is 10.0. The topological polar surface area (TPSA) is 12.0 Å². The summed E-state index contributed by atoms with van der Waals surface area (Å²) in [4.78, 5) is 0. The smallest absolute Gasteiger partial charge is 0.00103 e. The van der Waals surface area contributed by atoms with Crippen molar-refractivity contribution in [2.24, 2.45) is 5.41 Å². The highest BCUT2D eigenvalue weighted by Crippen LogP contribution is 2.44. The summed E-state index contributed by atoms with van der Waals surface area (Å²) in [6, 6.07) is 7.62. The second-order valence-electron chi connectivity index (χ2n) is 7.48. The molecule has 1 nitrogen and oxygen atoms in total. The molecule has 0 heterocycles. The highest BCUT2D eigenvalue weighted by atomic mass is 14.9. The summed E-state index contributed by atoms with van der Waals surface area (Å²) in [6.45, 7) is 10.1. The van der Waals surface area contributed by atoms with Crippen LogP contribution in [0.2, 0.25) is 0 Å². The molecule has 1 N–H and O–H groups in total. The fourth-order valence-electron chi connectivity index (χ4n) is 3.74. The second kappa shape index (κ2) is 7.45. The van der Waals surface area contributed by atoms with Gasteiger partial charge in [0, 0.05) is 6.04 Å². The standard InChI is InChI=1S/C20H33N/c1-16(2)21-14-13-20(10-5-6-11-20)12-9-19-8-7-17(3)18(4)15-19/h7-8,15-16,21H,5-6,9-14H2,1-4H3. The molecule has 0 bridgehead atoms. The Morgan fingerprint density at radius 2 is 1.76 bits per heavy atom. The highest BCUT2D eigenvalue weighted by molar-refractivity contribution is 5.30. The van der Waals surface area contributed by atoms with Gasteiger partial charge in [-0.1, -0.05) is 44.9 Å². The van der Waals surface area contributed by atoms with Crippen molar-refractivity contribution in [3.63, 3.8) is 0 Å². The van der Waals surface area contributed by atoms with Crippen molar-refractivity contribution in [1.82, 2.24) is 5.32 Å². The molecule has 1 aliphatic carbocycles. The molecule has 21 heavy (non-hydrogen) atoms. The van der Waals surface area contributed by atoms with Crippen molar-refractivity contribution in [2.45, 2.75) is 78.7 Å². The molecule has 0 spiro atoms. The van der Waals surface area contributed by atoms with E-state index >= 15 is 0 Å². The summed E-state index contributed by atoms with van der Waals surface area (Å²) >= 11 is 0. The zero-order valence-electron chi connectivity index (χ0n) is 14.5. The monoisotopic (exact) mass is 287 g/mol. The quantitative estimate of drug-likeness (QED) is 0.728. The summed E-state index contributed by atoms with van der Waals surface area (Å²) in [5.74, 6) is 0. The minimum Gasteiger partial charge on any atom is -0.315 e. The Bertz CT molecular complexity index is 441. The fourth-order valence-corrected chi connectivity index (χ4v) is 3.74. The minimum atomic E-state index is 0.612. The fraction of sp³-hybridized carbons (Fsp3) is 0.700. The van der Waals surface area contributed by atoms with Crippen molar-refractivity contribution in [1.29, 1.82) is 0 Å². The maximum Gasteiger partial charge on any atom is 0.00103 e. The molecule has 118 valence electrons. The van der Waals surface area contributed by atoms with Crippen molar-refractivity contribution >= 4 is 0 Å². The third-order valence-corrected chi connectivity index (χ3v) is 5.39. The molecule has 0 aromatic heterocycles. The first-order valence-corrected chi connectivity index (χ1v) is 8.80. The van der Waals surface area contributed by atoms with Gasteiger partial charge in [-0.2, -0.15) is 0 Å². The maximum atomic E-state index is 3.61. The third-order valence-electron chi connectivity index (χ3n) is 5.39. The molecule has 1 aromatic rings. The van der Waals surface area contributed by atoms with E-state index in [2.05, 4.69) is 51.2 Å². The van der Waals surface area contributed by atoms with E-state index in [-0.39, 0.29) is 0 Å². The van der Waals surface area contributed by atoms with Gasteiger partial charge in [0.25, 0.3) is 0 Å². The lowest BCUT2D eigenvalue weighted by molar-refractivity contribution is 0.243. The first kappa shape index (κ1) is 16.5. The third kappa shape index (κ3) is 4.85. The molecule has 2 rings (SSSR count). The lowest BCUT2D eigenvalue weighted by Gasteiger charge is -2.30. The van der Waals surface area contributed by atoms with Crippen LogP contribution >= 0.6 is 0 Å². The molecule has 1 heteroatoms. The van der Waals surface area contributed by atoms with Crippen LogP contribution in [-0.4, -0.2) is 12.6 Å². The van der Waals surface area contributed by atoms with Gasteiger partial charge in [0.2, 0.25) is 0 Å². The predicted molar refractivity (Wildman–Crippen MR) is 92.9 cm³/mol. The summed E-state index contributed by atoms with van der Waals surface area (Å²) in [7, 11) is 0. The summed E-state index contributed by atoms with van der Waals surface area (Å²) in [5.41, 5.74) is 4.99. The van der Waals surface area contributed by atoms with Gasteiger partial charge in [0.05, 0.1) is 0 Å². The van der Waals surface area contributed by atoms with E-state index < -0.39 is 0 Å². The molecule has 0 amide bonds. The Balaban J connectivity index is 1.91. The normalized spacial score (nSPS) is 17.6. The molecular weight excluding hydrogens is 254 g/mol. The van der Waals surface area contributed by atoms with Gasteiger partial charge in [0.15, 0.2) is 0 Å². The van der Waals surface area contributed by atoms with E-state index in [9.17, 15) is 0 Å². The Labute approximate surface area is 131 Å². The van der Waals surface area contributed by atoms with Crippen LogP contribution in [-0.2, 0) is 6.42 Å². The summed E-state index contributed by atoms with van der Waals surface area (Å²) in [6.07, 6.45) is 9.74. The van der Waals surface area contributed by atoms with Gasteiger partial charge in [0.1, 0.15) is 0 Å². The molecule has 1 aromatic carbocycles. The lowest BCUT2D eigenvalue weighted by atomic mass is 9.77. The van der Waals surface area contributed by atoms with Crippen molar-refractivity contribution in [2.75, 3.05) is 6.54 Å². The highest BCUT2D eigenvalue weighted by Gasteiger charge is 2.32. The second-order valence-corrected chi connectivity index (χ2v) is 7.48. The molecule has 0 saturated heterocycles. The van der Waals surface area contributed by atoms with Crippen LogP contribution in [0.3, 0.4) is 0 Å². The molecule has 1 saturated carbocycles. The van der Waals surface area contributed by atoms with Gasteiger partial charge in [-0.15, -0.1) is 0 Å². The molecule has 0 atom stereocenters. The largest absolute Gasteiger partial charge is 0.315 e. The SMILES string of the molecule is Cc1ccc(CCC2(CCNC(C)C)CCCC2)cc1C. The van der Waals surface area contributed by atoms with Crippen LogP contribution in [0.25, 0.3) is 0 Å². The van der Waals surface area contributed by atoms with Crippen LogP contribution in [0, 0.1) is 19.3 Å². The minimum absolute atomic E-state index is 0.612. The number of nitrogens with one attached hydrogen (secondary N) is 1.